The molecule has 25 heavy (non-hydrogen) atoms. The molecule has 0 aliphatic heterocycles. The van der Waals surface area contributed by atoms with Crippen LogP contribution in [-0.2, 0) is 11.3 Å². The third-order valence-electron chi connectivity index (χ3n) is 3.88. The van der Waals surface area contributed by atoms with Crippen LogP contribution in [0.1, 0.15) is 24.0 Å². The number of nitrogens with one attached hydrogen (secondary N) is 1. The molecule has 9 heteroatoms. The molecule has 3 aromatic rings. The topological polar surface area (TPSA) is 81.3 Å². The van der Waals surface area contributed by atoms with Crippen LogP contribution in [0.25, 0.3) is 5.65 Å². The van der Waals surface area contributed by atoms with Crippen molar-refractivity contribution in [2.45, 2.75) is 25.9 Å². The lowest BCUT2D eigenvalue weighted by Crippen LogP contribution is -2.35. The van der Waals surface area contributed by atoms with Crippen molar-refractivity contribution >= 4 is 34.7 Å². The first-order chi connectivity index (χ1) is 12.1. The van der Waals surface area contributed by atoms with Crippen LogP contribution >= 0.6 is 23.1 Å². The van der Waals surface area contributed by atoms with Crippen molar-refractivity contribution in [2.24, 2.45) is 0 Å². The molecule has 0 saturated heterocycles. The van der Waals surface area contributed by atoms with Crippen molar-refractivity contribution in [2.75, 3.05) is 12.0 Å². The highest BCUT2D eigenvalue weighted by molar-refractivity contribution is 7.98. The lowest BCUT2D eigenvalue weighted by atomic mass is 10.2. The van der Waals surface area contributed by atoms with Crippen molar-refractivity contribution in [3.8, 4) is 0 Å². The highest BCUT2D eigenvalue weighted by Crippen LogP contribution is 2.18. The number of pyridine rings is 1. The summed E-state index contributed by atoms with van der Waals surface area (Å²) in [6.45, 7) is 1.84. The summed E-state index contributed by atoms with van der Waals surface area (Å²) in [5, 5.41) is 13.2. The second kappa shape index (κ2) is 7.83. The minimum atomic E-state index is -0.257. The molecule has 1 N–H and O–H groups in total. The van der Waals surface area contributed by atoms with Crippen molar-refractivity contribution < 1.29 is 4.79 Å². The summed E-state index contributed by atoms with van der Waals surface area (Å²) >= 11 is 2.81. The van der Waals surface area contributed by atoms with Gasteiger partial charge in [0.05, 0.1) is 6.04 Å². The number of carbonyl (C=O) groups is 1. The van der Waals surface area contributed by atoms with Crippen LogP contribution in [0, 0.1) is 6.92 Å². The lowest BCUT2D eigenvalue weighted by Gasteiger charge is -2.17. The Labute approximate surface area is 153 Å². The molecule has 0 radical (unpaired) electrons. The smallest absolute Gasteiger partial charge is 0.307 e. The molecule has 0 unspecified atom stereocenters. The van der Waals surface area contributed by atoms with Crippen LogP contribution in [0.2, 0.25) is 0 Å². The number of thioether (sulfide) groups is 1. The number of hydrogen-bond acceptors (Lipinski definition) is 6. The van der Waals surface area contributed by atoms with Crippen LogP contribution in [0.3, 0.4) is 0 Å². The van der Waals surface area contributed by atoms with Crippen molar-refractivity contribution in [3.05, 3.63) is 51.0 Å². The summed E-state index contributed by atoms with van der Waals surface area (Å²) in [5.41, 5.74) is 1.53. The second-order valence-electron chi connectivity index (χ2n) is 5.62. The van der Waals surface area contributed by atoms with Gasteiger partial charge in [-0.1, -0.05) is 17.4 Å². The summed E-state index contributed by atoms with van der Waals surface area (Å²) in [5.74, 6) is 1.37. The number of nitrogens with zero attached hydrogens (tertiary/aromatic N) is 4. The molecular formula is C16H19N5O2S2. The summed E-state index contributed by atoms with van der Waals surface area (Å²) < 4.78 is 3.36. The fourth-order valence-electron chi connectivity index (χ4n) is 2.58. The molecule has 3 aromatic heterocycles. The molecule has 1 amide bonds. The zero-order valence-corrected chi connectivity index (χ0v) is 15.6. The van der Waals surface area contributed by atoms with E-state index in [1.807, 2.05) is 42.0 Å². The second-order valence-corrected chi connectivity index (χ2v) is 7.42. The lowest BCUT2D eigenvalue weighted by molar-refractivity contribution is -0.122. The fourth-order valence-corrected chi connectivity index (χ4v) is 3.78. The predicted molar refractivity (Wildman–Crippen MR) is 100 cm³/mol. The Balaban J connectivity index is 1.81. The van der Waals surface area contributed by atoms with E-state index in [2.05, 4.69) is 15.5 Å². The zero-order valence-electron chi connectivity index (χ0n) is 14.0. The molecule has 0 aromatic carbocycles. The number of hydrogen-bond donors (Lipinski definition) is 1. The first-order valence-electron chi connectivity index (χ1n) is 7.83. The molecule has 0 fully saturated rings. The Morgan fingerprint density at radius 3 is 2.96 bits per heavy atom. The van der Waals surface area contributed by atoms with Gasteiger partial charge in [0.2, 0.25) is 5.91 Å². The molecular weight excluding hydrogens is 358 g/mol. The van der Waals surface area contributed by atoms with Crippen LogP contribution in [0.4, 0.5) is 0 Å². The molecule has 3 rings (SSSR count). The summed E-state index contributed by atoms with van der Waals surface area (Å²) in [6.07, 6.45) is 4.64. The van der Waals surface area contributed by atoms with Crippen molar-refractivity contribution in [1.82, 2.24) is 24.5 Å². The number of rotatable bonds is 7. The number of aromatic nitrogens is 4. The molecule has 0 aliphatic rings. The minimum absolute atomic E-state index is 0.0146. The third kappa shape index (κ3) is 3.93. The number of fused-ring (bicyclic) bond motifs is 1. The van der Waals surface area contributed by atoms with E-state index in [0.29, 0.717) is 5.82 Å². The maximum absolute atomic E-state index is 12.5. The Kier molecular flexibility index (Phi) is 5.54. The van der Waals surface area contributed by atoms with Gasteiger partial charge >= 0.3 is 4.87 Å². The van der Waals surface area contributed by atoms with Gasteiger partial charge in [-0.15, -0.1) is 10.2 Å². The van der Waals surface area contributed by atoms with Gasteiger partial charge < -0.3 is 5.32 Å². The molecule has 0 aliphatic carbocycles. The highest BCUT2D eigenvalue weighted by atomic mass is 32.2. The maximum atomic E-state index is 12.5. The summed E-state index contributed by atoms with van der Waals surface area (Å²) in [7, 11) is 0. The number of thiazole rings is 1. The van der Waals surface area contributed by atoms with E-state index in [1.165, 1.54) is 4.57 Å². The third-order valence-corrected chi connectivity index (χ3v) is 5.40. The molecule has 132 valence electrons. The van der Waals surface area contributed by atoms with E-state index in [-0.39, 0.29) is 23.4 Å². The SMILES string of the molecule is CSCC[C@H](NC(=O)Cn1c(C)csc1=O)c1nnc2ccccn12. The summed E-state index contributed by atoms with van der Waals surface area (Å²) in [6, 6.07) is 5.42. The fraction of sp³-hybridized carbons (Fsp3) is 0.375. The van der Waals surface area contributed by atoms with Gasteiger partial charge in [-0.05, 0) is 37.5 Å². The average molecular weight is 377 g/mol. The van der Waals surface area contributed by atoms with Crippen LogP contribution in [0.5, 0.6) is 0 Å². The first kappa shape index (κ1) is 17.7. The first-order valence-corrected chi connectivity index (χ1v) is 10.1. The van der Waals surface area contributed by atoms with Crippen LogP contribution in [-0.4, -0.2) is 37.1 Å². The molecule has 7 nitrogen and oxygen atoms in total. The molecule has 3 heterocycles. The Hall–Kier alpha value is -2.13. The van der Waals surface area contributed by atoms with Gasteiger partial charge in [0.15, 0.2) is 11.5 Å². The van der Waals surface area contributed by atoms with Crippen LogP contribution < -0.4 is 10.2 Å². The van der Waals surface area contributed by atoms with Gasteiger partial charge in [-0.3, -0.25) is 18.6 Å². The van der Waals surface area contributed by atoms with E-state index in [0.717, 1.165) is 34.9 Å². The number of aryl methyl sites for hydroxylation is 1. The summed E-state index contributed by atoms with van der Waals surface area (Å²) in [4.78, 5) is 24.2. The highest BCUT2D eigenvalue weighted by Gasteiger charge is 2.20. The van der Waals surface area contributed by atoms with Gasteiger partial charge in [-0.2, -0.15) is 11.8 Å². The van der Waals surface area contributed by atoms with Crippen molar-refractivity contribution in [1.29, 1.82) is 0 Å². The monoisotopic (exact) mass is 377 g/mol. The maximum Gasteiger partial charge on any atom is 0.307 e. The normalized spacial score (nSPS) is 12.4. The van der Waals surface area contributed by atoms with Gasteiger partial charge in [0.1, 0.15) is 6.54 Å². The number of carbonyl (C=O) groups excluding carboxylic acids is 1. The quantitative estimate of drug-likeness (QED) is 0.680. The predicted octanol–water partition coefficient (Wildman–Crippen LogP) is 1.87. The standard InChI is InChI=1S/C16H19N5O2S2/c1-11-10-25-16(23)21(11)9-14(22)17-12(6-8-24-2)15-19-18-13-5-3-4-7-20(13)15/h3-5,7,10,12H,6,8-9H2,1-2H3,(H,17,22)/t12-/m0/s1. The molecule has 0 spiro atoms. The average Bonchev–Trinajstić information content (AvgIpc) is 3.17. The molecule has 0 bridgehead atoms. The van der Waals surface area contributed by atoms with Gasteiger partial charge in [0, 0.05) is 17.3 Å². The van der Waals surface area contributed by atoms with Gasteiger partial charge in [0.25, 0.3) is 0 Å². The molecule has 0 saturated carbocycles. The van der Waals surface area contributed by atoms with E-state index in [4.69, 9.17) is 0 Å². The zero-order chi connectivity index (χ0) is 17.8. The van der Waals surface area contributed by atoms with Gasteiger partial charge in [-0.25, -0.2) is 0 Å². The largest absolute Gasteiger partial charge is 0.344 e. The van der Waals surface area contributed by atoms with E-state index in [9.17, 15) is 9.59 Å². The minimum Gasteiger partial charge on any atom is -0.344 e. The van der Waals surface area contributed by atoms with E-state index in [1.54, 1.807) is 17.1 Å². The van der Waals surface area contributed by atoms with E-state index < -0.39 is 0 Å². The molecule has 1 atom stereocenters. The number of amides is 1. The Bertz CT molecular complexity index is 930. The Morgan fingerprint density at radius 1 is 1.40 bits per heavy atom. The van der Waals surface area contributed by atoms with E-state index >= 15 is 0 Å². The van der Waals surface area contributed by atoms with Crippen LogP contribution in [0.15, 0.2) is 34.6 Å². The van der Waals surface area contributed by atoms with Crippen molar-refractivity contribution in [3.63, 3.8) is 0 Å². The Morgan fingerprint density at radius 2 is 2.24 bits per heavy atom.